The Morgan fingerprint density at radius 3 is 2.67 bits per heavy atom. The summed E-state index contributed by atoms with van der Waals surface area (Å²) >= 11 is 0. The van der Waals surface area contributed by atoms with Gasteiger partial charge in [0.15, 0.2) is 0 Å². The van der Waals surface area contributed by atoms with Crippen LogP contribution in [-0.4, -0.2) is 44.4 Å². The number of aldehydes is 1. The van der Waals surface area contributed by atoms with E-state index in [0.717, 1.165) is 45.3 Å². The van der Waals surface area contributed by atoms with Gasteiger partial charge in [0.2, 0.25) is 0 Å². The van der Waals surface area contributed by atoms with Crippen LogP contribution in [-0.2, 0) is 4.79 Å². The normalized spacial score (nSPS) is 21.1. The highest BCUT2D eigenvalue weighted by Crippen LogP contribution is 2.13. The fourth-order valence-electron chi connectivity index (χ4n) is 1.58. The molecule has 0 aromatic carbocycles. The number of nitrogens with one attached hydrogen (secondary N) is 1. The van der Waals surface area contributed by atoms with Crippen LogP contribution in [0.15, 0.2) is 0 Å². The molecule has 0 amide bonds. The average molecular weight is 170 g/mol. The summed E-state index contributed by atoms with van der Waals surface area (Å²) in [5.74, 6) is 0.329. The lowest BCUT2D eigenvalue weighted by Crippen LogP contribution is -2.37. The largest absolute Gasteiger partial charge is 0.318 e. The van der Waals surface area contributed by atoms with Crippen LogP contribution in [0.25, 0.3) is 0 Å². The molecule has 0 aromatic rings. The summed E-state index contributed by atoms with van der Waals surface area (Å²) < 4.78 is 0. The Balaban J connectivity index is 2.12. The summed E-state index contributed by atoms with van der Waals surface area (Å²) in [5.41, 5.74) is 0. The molecular weight excluding hydrogens is 152 g/mol. The van der Waals surface area contributed by atoms with Crippen LogP contribution in [0.2, 0.25) is 0 Å². The lowest BCUT2D eigenvalue weighted by Gasteiger charge is -2.29. The van der Waals surface area contributed by atoms with Gasteiger partial charge in [-0.25, -0.2) is 0 Å². The van der Waals surface area contributed by atoms with Crippen LogP contribution in [0.3, 0.4) is 0 Å². The highest BCUT2D eigenvalue weighted by molar-refractivity contribution is 5.53. The van der Waals surface area contributed by atoms with Crippen LogP contribution in [0, 0.1) is 5.92 Å². The minimum atomic E-state index is 0.329. The zero-order valence-electron chi connectivity index (χ0n) is 7.75. The molecule has 3 nitrogen and oxygen atoms in total. The van der Waals surface area contributed by atoms with Crippen molar-refractivity contribution in [2.24, 2.45) is 5.92 Å². The number of carbonyl (C=O) groups excluding carboxylic acids is 1. The van der Waals surface area contributed by atoms with Gasteiger partial charge in [-0.05, 0) is 33.0 Å². The Morgan fingerprint density at radius 2 is 2.17 bits per heavy atom. The van der Waals surface area contributed by atoms with Crippen molar-refractivity contribution in [2.45, 2.75) is 12.8 Å². The Hall–Kier alpha value is -0.410. The molecule has 0 radical (unpaired) electrons. The molecule has 0 saturated carbocycles. The van der Waals surface area contributed by atoms with Crippen LogP contribution in [0.4, 0.5) is 0 Å². The maximum Gasteiger partial charge on any atom is 0.123 e. The van der Waals surface area contributed by atoms with E-state index in [1.165, 1.54) is 0 Å². The summed E-state index contributed by atoms with van der Waals surface area (Å²) in [4.78, 5) is 12.9. The van der Waals surface area contributed by atoms with Crippen molar-refractivity contribution >= 4 is 6.29 Å². The second-order valence-corrected chi connectivity index (χ2v) is 3.42. The van der Waals surface area contributed by atoms with Crippen molar-refractivity contribution in [3.05, 3.63) is 0 Å². The Morgan fingerprint density at radius 1 is 1.50 bits per heavy atom. The monoisotopic (exact) mass is 170 g/mol. The molecule has 1 saturated heterocycles. The van der Waals surface area contributed by atoms with Crippen molar-refractivity contribution in [2.75, 3.05) is 33.2 Å². The van der Waals surface area contributed by atoms with Crippen molar-refractivity contribution < 1.29 is 4.79 Å². The molecule has 1 rings (SSSR count). The summed E-state index contributed by atoms with van der Waals surface area (Å²) in [6, 6.07) is 0. The smallest absolute Gasteiger partial charge is 0.123 e. The highest BCUT2D eigenvalue weighted by atomic mass is 16.1. The molecule has 0 aliphatic carbocycles. The lowest BCUT2D eigenvalue weighted by atomic mass is 9.99. The Labute approximate surface area is 74.1 Å². The third-order valence-corrected chi connectivity index (χ3v) is 2.50. The third-order valence-electron chi connectivity index (χ3n) is 2.50. The molecule has 70 valence electrons. The third kappa shape index (κ3) is 2.91. The number of likely N-dealkylation sites (N-methyl/N-ethyl adjacent to an activating group) is 1. The van der Waals surface area contributed by atoms with Gasteiger partial charge in [-0.2, -0.15) is 0 Å². The molecule has 1 aliphatic heterocycles. The summed E-state index contributed by atoms with van der Waals surface area (Å²) in [6.45, 7) is 4.34. The van der Waals surface area contributed by atoms with Gasteiger partial charge in [0.1, 0.15) is 6.29 Å². The summed E-state index contributed by atoms with van der Waals surface area (Å²) in [5, 5.41) is 3.13. The zero-order chi connectivity index (χ0) is 8.81. The number of nitrogens with zero attached hydrogens (tertiary/aromatic N) is 1. The lowest BCUT2D eigenvalue weighted by molar-refractivity contribution is -0.112. The molecule has 0 unspecified atom stereocenters. The van der Waals surface area contributed by atoms with E-state index >= 15 is 0 Å². The minimum absolute atomic E-state index is 0.329. The number of carbonyl (C=O) groups is 1. The van der Waals surface area contributed by atoms with Gasteiger partial charge >= 0.3 is 0 Å². The zero-order valence-corrected chi connectivity index (χ0v) is 7.75. The van der Waals surface area contributed by atoms with E-state index in [2.05, 4.69) is 10.2 Å². The molecule has 0 atom stereocenters. The van der Waals surface area contributed by atoms with E-state index in [0.29, 0.717) is 5.92 Å². The van der Waals surface area contributed by atoms with Gasteiger partial charge in [-0.1, -0.05) is 0 Å². The van der Waals surface area contributed by atoms with Crippen molar-refractivity contribution in [1.82, 2.24) is 10.2 Å². The van der Waals surface area contributed by atoms with Gasteiger partial charge in [0.25, 0.3) is 0 Å². The predicted molar refractivity (Wildman–Crippen MR) is 49.2 cm³/mol. The van der Waals surface area contributed by atoms with E-state index in [1.54, 1.807) is 0 Å². The molecule has 3 heteroatoms. The maximum atomic E-state index is 10.4. The first-order valence-electron chi connectivity index (χ1n) is 4.69. The first-order valence-corrected chi connectivity index (χ1v) is 4.69. The number of hydrogen-bond acceptors (Lipinski definition) is 3. The molecule has 1 fully saturated rings. The number of likely N-dealkylation sites (tertiary alicyclic amines) is 1. The topological polar surface area (TPSA) is 32.3 Å². The molecule has 0 spiro atoms. The van der Waals surface area contributed by atoms with Crippen molar-refractivity contribution in [3.63, 3.8) is 0 Å². The van der Waals surface area contributed by atoms with E-state index in [4.69, 9.17) is 0 Å². The van der Waals surface area contributed by atoms with Gasteiger partial charge < -0.3 is 15.0 Å². The van der Waals surface area contributed by atoms with E-state index < -0.39 is 0 Å². The van der Waals surface area contributed by atoms with Crippen LogP contribution in [0.5, 0.6) is 0 Å². The Kier molecular flexibility index (Phi) is 4.25. The molecule has 12 heavy (non-hydrogen) atoms. The van der Waals surface area contributed by atoms with Crippen LogP contribution >= 0.6 is 0 Å². The standard InChI is InChI=1S/C9H18N2O/c1-10-4-7-11-5-2-9(8-12)3-6-11/h8-10H,2-7H2,1H3. The van der Waals surface area contributed by atoms with E-state index in [1.807, 2.05) is 7.05 Å². The number of piperidine rings is 1. The summed E-state index contributed by atoms with van der Waals surface area (Å²) in [6.07, 6.45) is 3.20. The second kappa shape index (κ2) is 5.27. The fraction of sp³-hybridized carbons (Fsp3) is 0.889. The van der Waals surface area contributed by atoms with Gasteiger partial charge in [-0.3, -0.25) is 0 Å². The molecule has 0 aromatic heterocycles. The molecule has 1 heterocycles. The predicted octanol–water partition coefficient (Wildman–Crippen LogP) is 0.117. The van der Waals surface area contributed by atoms with E-state index in [-0.39, 0.29) is 0 Å². The molecule has 0 bridgehead atoms. The highest BCUT2D eigenvalue weighted by Gasteiger charge is 2.17. The number of hydrogen-bond donors (Lipinski definition) is 1. The molecular formula is C9H18N2O. The number of rotatable bonds is 4. The minimum Gasteiger partial charge on any atom is -0.318 e. The van der Waals surface area contributed by atoms with Crippen molar-refractivity contribution in [3.8, 4) is 0 Å². The summed E-state index contributed by atoms with van der Waals surface area (Å²) in [7, 11) is 1.97. The first-order chi connectivity index (χ1) is 5.86. The van der Waals surface area contributed by atoms with Gasteiger partial charge in [0, 0.05) is 19.0 Å². The van der Waals surface area contributed by atoms with E-state index in [9.17, 15) is 4.79 Å². The van der Waals surface area contributed by atoms with Crippen molar-refractivity contribution in [1.29, 1.82) is 0 Å². The molecule has 1 aliphatic rings. The Bertz CT molecular complexity index is 130. The van der Waals surface area contributed by atoms with Gasteiger partial charge in [-0.15, -0.1) is 0 Å². The quantitative estimate of drug-likeness (QED) is 0.608. The van der Waals surface area contributed by atoms with Crippen LogP contribution < -0.4 is 5.32 Å². The fourth-order valence-corrected chi connectivity index (χ4v) is 1.58. The SMILES string of the molecule is CNCCN1CCC(C=O)CC1. The first kappa shape index (κ1) is 9.68. The van der Waals surface area contributed by atoms with Gasteiger partial charge in [0.05, 0.1) is 0 Å². The molecule has 1 N–H and O–H groups in total. The second-order valence-electron chi connectivity index (χ2n) is 3.42. The maximum absolute atomic E-state index is 10.4. The van der Waals surface area contributed by atoms with Crippen LogP contribution in [0.1, 0.15) is 12.8 Å². The average Bonchev–Trinajstić information content (AvgIpc) is 2.15.